The molecule has 0 aromatic heterocycles. The van der Waals surface area contributed by atoms with Crippen molar-refractivity contribution in [2.24, 2.45) is 17.6 Å². The van der Waals surface area contributed by atoms with Crippen LogP contribution in [0.4, 0.5) is 0 Å². The lowest BCUT2D eigenvalue weighted by Gasteiger charge is -2.33. The second-order valence-electron chi connectivity index (χ2n) is 8.15. The van der Waals surface area contributed by atoms with Crippen molar-refractivity contribution < 1.29 is 14.4 Å². The van der Waals surface area contributed by atoms with Gasteiger partial charge >= 0.3 is 11.8 Å². The topological polar surface area (TPSA) is 83.7 Å². The van der Waals surface area contributed by atoms with E-state index in [4.69, 9.17) is 5.73 Å². The Morgan fingerprint density at radius 3 is 2.04 bits per heavy atom. The summed E-state index contributed by atoms with van der Waals surface area (Å²) in [6.07, 6.45) is 6.38. The molecule has 3 rings (SSSR count). The molecule has 152 valence electrons. The van der Waals surface area contributed by atoms with Gasteiger partial charge in [0.1, 0.15) is 0 Å². The van der Waals surface area contributed by atoms with Gasteiger partial charge in [0, 0.05) is 32.6 Å². The van der Waals surface area contributed by atoms with Crippen molar-refractivity contribution in [2.45, 2.75) is 44.9 Å². The smallest absolute Gasteiger partial charge is 0.311 e. The Morgan fingerprint density at radius 2 is 1.43 bits per heavy atom. The zero-order valence-corrected chi connectivity index (χ0v) is 16.5. The van der Waals surface area contributed by atoms with Crippen molar-refractivity contribution in [1.82, 2.24) is 9.80 Å². The first-order valence-corrected chi connectivity index (χ1v) is 10.4. The molecule has 0 bridgehead atoms. The third-order valence-electron chi connectivity index (χ3n) is 6.21. The van der Waals surface area contributed by atoms with Gasteiger partial charge in [-0.25, -0.2) is 0 Å². The fourth-order valence-electron chi connectivity index (χ4n) is 4.40. The number of likely N-dealkylation sites (tertiary alicyclic amines) is 2. The number of nitrogens with zero attached hydrogens (tertiary/aromatic N) is 2. The normalized spacial score (nSPS) is 18.9. The van der Waals surface area contributed by atoms with Crippen LogP contribution in [0.5, 0.6) is 0 Å². The van der Waals surface area contributed by atoms with Crippen molar-refractivity contribution in [2.75, 3.05) is 26.2 Å². The standard InChI is InChI=1S/C22H31N3O3/c23-21(27)22(28)25-14-8-17(9-15-25)6-7-20(26)24-12-10-19(11-13-24)16-18-4-2-1-3-5-18/h1-5,17,19H,6-16H2,(H2,23,27). The lowest BCUT2D eigenvalue weighted by Crippen LogP contribution is -2.44. The Bertz CT molecular complexity index is 676. The molecule has 6 nitrogen and oxygen atoms in total. The Morgan fingerprint density at radius 1 is 0.857 bits per heavy atom. The molecule has 0 saturated carbocycles. The van der Waals surface area contributed by atoms with Crippen molar-refractivity contribution in [3.63, 3.8) is 0 Å². The van der Waals surface area contributed by atoms with Crippen LogP contribution in [0.2, 0.25) is 0 Å². The largest absolute Gasteiger partial charge is 0.361 e. The third kappa shape index (κ3) is 5.57. The summed E-state index contributed by atoms with van der Waals surface area (Å²) in [5.74, 6) is -0.110. The van der Waals surface area contributed by atoms with Crippen molar-refractivity contribution in [1.29, 1.82) is 0 Å². The number of nitrogens with two attached hydrogens (primary N) is 1. The quantitative estimate of drug-likeness (QED) is 0.787. The Hall–Kier alpha value is -2.37. The highest BCUT2D eigenvalue weighted by atomic mass is 16.2. The van der Waals surface area contributed by atoms with E-state index in [1.807, 2.05) is 11.0 Å². The molecule has 0 radical (unpaired) electrons. The molecular formula is C22H31N3O3. The molecule has 1 aromatic rings. The van der Waals surface area contributed by atoms with Crippen molar-refractivity contribution in [3.05, 3.63) is 35.9 Å². The molecule has 2 heterocycles. The molecule has 2 fully saturated rings. The molecule has 0 aliphatic carbocycles. The van der Waals surface area contributed by atoms with Gasteiger partial charge in [-0.3, -0.25) is 14.4 Å². The van der Waals surface area contributed by atoms with E-state index < -0.39 is 11.8 Å². The number of carbonyl (C=O) groups excluding carboxylic acids is 3. The Kier molecular flexibility index (Phi) is 7.06. The average Bonchev–Trinajstić information content (AvgIpc) is 2.73. The van der Waals surface area contributed by atoms with Crippen LogP contribution in [0, 0.1) is 11.8 Å². The predicted molar refractivity (Wildman–Crippen MR) is 107 cm³/mol. The fourth-order valence-corrected chi connectivity index (χ4v) is 4.40. The second kappa shape index (κ2) is 9.71. The van der Waals surface area contributed by atoms with Gasteiger partial charge in [-0.1, -0.05) is 30.3 Å². The SMILES string of the molecule is NC(=O)C(=O)N1CCC(CCC(=O)N2CCC(Cc3ccccc3)CC2)CC1. The van der Waals surface area contributed by atoms with Gasteiger partial charge in [0.05, 0.1) is 0 Å². The Balaban J connectivity index is 1.34. The van der Waals surface area contributed by atoms with Crippen LogP contribution < -0.4 is 5.73 Å². The van der Waals surface area contributed by atoms with Crippen LogP contribution in [0.3, 0.4) is 0 Å². The molecule has 0 atom stereocenters. The number of carbonyl (C=O) groups is 3. The maximum absolute atomic E-state index is 12.6. The highest BCUT2D eigenvalue weighted by molar-refractivity contribution is 6.34. The number of amides is 3. The van der Waals surface area contributed by atoms with Gasteiger partial charge in [-0.05, 0) is 55.9 Å². The number of hydrogen-bond donors (Lipinski definition) is 1. The maximum Gasteiger partial charge on any atom is 0.311 e. The molecule has 1 aromatic carbocycles. The second-order valence-corrected chi connectivity index (χ2v) is 8.15. The third-order valence-corrected chi connectivity index (χ3v) is 6.21. The predicted octanol–water partition coefficient (Wildman–Crippen LogP) is 1.97. The van der Waals surface area contributed by atoms with E-state index in [1.54, 1.807) is 0 Å². The molecule has 3 amide bonds. The summed E-state index contributed by atoms with van der Waals surface area (Å²) in [6, 6.07) is 10.6. The van der Waals surface area contributed by atoms with Crippen LogP contribution in [0.1, 0.15) is 44.1 Å². The number of rotatable bonds is 5. The minimum atomic E-state index is -0.885. The van der Waals surface area contributed by atoms with Crippen molar-refractivity contribution >= 4 is 17.7 Å². The van der Waals surface area contributed by atoms with Crippen molar-refractivity contribution in [3.8, 4) is 0 Å². The summed E-state index contributed by atoms with van der Waals surface area (Å²) in [4.78, 5) is 38.7. The van der Waals surface area contributed by atoms with Gasteiger partial charge in [-0.2, -0.15) is 0 Å². The van der Waals surface area contributed by atoms with E-state index in [0.717, 1.165) is 51.6 Å². The summed E-state index contributed by atoms with van der Waals surface area (Å²) < 4.78 is 0. The highest BCUT2D eigenvalue weighted by Gasteiger charge is 2.27. The average molecular weight is 386 g/mol. The first-order chi connectivity index (χ1) is 13.5. The van der Waals surface area contributed by atoms with Gasteiger partial charge in [0.2, 0.25) is 5.91 Å². The first kappa shape index (κ1) is 20.4. The van der Waals surface area contributed by atoms with E-state index in [9.17, 15) is 14.4 Å². The molecule has 2 saturated heterocycles. The lowest BCUT2D eigenvalue weighted by molar-refractivity contribution is -0.145. The van der Waals surface area contributed by atoms with E-state index in [2.05, 4.69) is 24.3 Å². The van der Waals surface area contributed by atoms with Gasteiger partial charge in [-0.15, -0.1) is 0 Å². The zero-order chi connectivity index (χ0) is 19.9. The molecule has 6 heteroatoms. The summed E-state index contributed by atoms with van der Waals surface area (Å²) in [6.45, 7) is 2.85. The fraction of sp³-hybridized carbons (Fsp3) is 0.591. The van der Waals surface area contributed by atoms with Crippen LogP contribution in [-0.4, -0.2) is 53.7 Å². The minimum Gasteiger partial charge on any atom is -0.361 e. The minimum absolute atomic E-state index is 0.258. The molecular weight excluding hydrogens is 354 g/mol. The van der Waals surface area contributed by atoms with Gasteiger partial charge < -0.3 is 15.5 Å². The lowest BCUT2D eigenvalue weighted by atomic mass is 9.89. The molecule has 0 unspecified atom stereocenters. The summed E-state index contributed by atoms with van der Waals surface area (Å²) in [5.41, 5.74) is 6.44. The van der Waals surface area contributed by atoms with Crippen LogP contribution in [0.15, 0.2) is 30.3 Å². The van der Waals surface area contributed by atoms with E-state index in [0.29, 0.717) is 31.3 Å². The van der Waals surface area contributed by atoms with E-state index >= 15 is 0 Å². The zero-order valence-electron chi connectivity index (χ0n) is 16.5. The molecule has 28 heavy (non-hydrogen) atoms. The van der Waals surface area contributed by atoms with E-state index in [-0.39, 0.29) is 5.91 Å². The maximum atomic E-state index is 12.6. The molecule has 0 spiro atoms. The number of benzene rings is 1. The molecule has 2 aliphatic heterocycles. The molecule has 2 aliphatic rings. The summed E-state index contributed by atoms with van der Waals surface area (Å²) in [7, 11) is 0. The monoisotopic (exact) mass is 385 g/mol. The number of primary amides is 1. The van der Waals surface area contributed by atoms with Crippen LogP contribution >= 0.6 is 0 Å². The van der Waals surface area contributed by atoms with E-state index in [1.165, 1.54) is 10.5 Å². The summed E-state index contributed by atoms with van der Waals surface area (Å²) >= 11 is 0. The van der Waals surface area contributed by atoms with Gasteiger partial charge in [0.25, 0.3) is 0 Å². The molecule has 2 N–H and O–H groups in total. The highest BCUT2D eigenvalue weighted by Crippen LogP contribution is 2.25. The first-order valence-electron chi connectivity index (χ1n) is 10.4. The van der Waals surface area contributed by atoms with Crippen LogP contribution in [-0.2, 0) is 20.8 Å². The summed E-state index contributed by atoms with van der Waals surface area (Å²) in [5, 5.41) is 0. The number of hydrogen-bond acceptors (Lipinski definition) is 3. The number of piperidine rings is 2. The Labute approximate surface area is 167 Å². The van der Waals surface area contributed by atoms with Gasteiger partial charge in [0.15, 0.2) is 0 Å². The van der Waals surface area contributed by atoms with Crippen LogP contribution in [0.25, 0.3) is 0 Å².